The maximum absolute atomic E-state index is 14.8. The van der Waals surface area contributed by atoms with Gasteiger partial charge in [-0.1, -0.05) is 12.1 Å². The average molecular weight is 452 g/mol. The number of carboxylic acid groups (broad SMARTS) is 1. The van der Waals surface area contributed by atoms with E-state index < -0.39 is 36.5 Å². The third-order valence-electron chi connectivity index (χ3n) is 4.69. The van der Waals surface area contributed by atoms with Gasteiger partial charge in [0.1, 0.15) is 30.0 Å². The van der Waals surface area contributed by atoms with Gasteiger partial charge in [0.05, 0.1) is 23.3 Å². The number of benzene rings is 1. The number of anilines is 1. The largest absolute Gasteiger partial charge is 0.477 e. The number of hydrogen-bond donors (Lipinski definition) is 2. The molecule has 164 valence electrons. The Hall–Kier alpha value is -3.00. The van der Waals surface area contributed by atoms with Crippen LogP contribution in [0.15, 0.2) is 30.5 Å². The van der Waals surface area contributed by atoms with Crippen molar-refractivity contribution < 1.29 is 27.6 Å². The van der Waals surface area contributed by atoms with Gasteiger partial charge in [-0.05, 0) is 39.3 Å². The number of fused-ring (bicyclic) bond motifs is 1. The molecule has 1 atom stereocenters. The van der Waals surface area contributed by atoms with Gasteiger partial charge in [-0.15, -0.1) is 0 Å². The van der Waals surface area contributed by atoms with E-state index in [-0.39, 0.29) is 11.4 Å². The Morgan fingerprint density at radius 1 is 1.26 bits per heavy atom. The van der Waals surface area contributed by atoms with Crippen LogP contribution in [0.5, 0.6) is 0 Å². The minimum atomic E-state index is -4.37. The van der Waals surface area contributed by atoms with Crippen LogP contribution < -0.4 is 10.8 Å². The lowest BCUT2D eigenvalue weighted by molar-refractivity contribution is -0.166. The van der Waals surface area contributed by atoms with Crippen molar-refractivity contribution >= 4 is 35.3 Å². The number of carboxylic acids is 1. The molecule has 2 heterocycles. The number of nitrogens with one attached hydrogen (secondary N) is 1. The summed E-state index contributed by atoms with van der Waals surface area (Å²) in [7, 11) is -2.68. The molecule has 0 aliphatic heterocycles. The van der Waals surface area contributed by atoms with E-state index in [4.69, 9.17) is 5.11 Å². The van der Waals surface area contributed by atoms with Crippen molar-refractivity contribution in [2.45, 2.75) is 25.8 Å². The summed E-state index contributed by atoms with van der Waals surface area (Å²) < 4.78 is 55.1. The van der Waals surface area contributed by atoms with E-state index in [0.29, 0.717) is 22.2 Å². The lowest BCUT2D eigenvalue weighted by Crippen LogP contribution is -2.27. The number of nitrogens with zero attached hydrogens (tertiary/aromatic N) is 3. The molecule has 3 aromatic rings. The Kier molecular flexibility index (Phi) is 5.80. The molecule has 7 nitrogen and oxygen atoms in total. The van der Waals surface area contributed by atoms with Crippen LogP contribution in [0.4, 0.5) is 19.0 Å². The predicted octanol–water partition coefficient (Wildman–Crippen LogP) is 4.07. The van der Waals surface area contributed by atoms with Gasteiger partial charge in [0, 0.05) is 10.9 Å². The maximum atomic E-state index is 14.8. The first kappa shape index (κ1) is 22.7. The maximum Gasteiger partial charge on any atom is 0.379 e. The van der Waals surface area contributed by atoms with Crippen LogP contribution in [-0.4, -0.2) is 39.4 Å². The number of carbonyl (C=O) groups is 1. The van der Waals surface area contributed by atoms with Crippen molar-refractivity contribution in [3.8, 4) is 0 Å². The van der Waals surface area contributed by atoms with Gasteiger partial charge in [0.2, 0.25) is 0 Å². The third kappa shape index (κ3) is 4.39. The Morgan fingerprint density at radius 3 is 2.55 bits per heavy atom. The summed E-state index contributed by atoms with van der Waals surface area (Å²) in [5, 5.41) is 12.2. The molecule has 11 heteroatoms. The summed E-state index contributed by atoms with van der Waals surface area (Å²) in [6.45, 7) is 6.30. The van der Waals surface area contributed by atoms with Crippen LogP contribution in [-0.2, 0) is 15.3 Å². The summed E-state index contributed by atoms with van der Waals surface area (Å²) in [5.41, 5.74) is -0.559. The van der Waals surface area contributed by atoms with Gasteiger partial charge in [-0.25, -0.2) is 19.2 Å². The molecule has 31 heavy (non-hydrogen) atoms. The molecule has 0 spiro atoms. The minimum absolute atomic E-state index is 0.159. The van der Waals surface area contributed by atoms with Gasteiger partial charge in [-0.3, -0.25) is 4.98 Å². The highest BCUT2D eigenvalue weighted by Gasteiger charge is 2.44. The van der Waals surface area contributed by atoms with Crippen molar-refractivity contribution in [1.29, 1.82) is 0 Å². The SMILES string of the molecule is Cc1nc(N[C@H](C)c2cccc(C(F)(F)C(=O)O)c2F)c2cc(P(C)(C)=O)ncc2n1. The summed E-state index contributed by atoms with van der Waals surface area (Å²) in [4.78, 5) is 23.6. The van der Waals surface area contributed by atoms with Gasteiger partial charge in [0.25, 0.3) is 0 Å². The summed E-state index contributed by atoms with van der Waals surface area (Å²) in [6.07, 6.45) is 1.46. The number of aryl methyl sites for hydroxylation is 1. The number of rotatable bonds is 6. The van der Waals surface area contributed by atoms with Crippen molar-refractivity contribution in [3.63, 3.8) is 0 Å². The second-order valence-electron chi connectivity index (χ2n) is 7.48. The topological polar surface area (TPSA) is 105 Å². The lowest BCUT2D eigenvalue weighted by atomic mass is 10.00. The first-order chi connectivity index (χ1) is 14.3. The number of pyridine rings is 1. The van der Waals surface area contributed by atoms with E-state index in [1.165, 1.54) is 25.3 Å². The number of hydrogen-bond acceptors (Lipinski definition) is 6. The molecular weight excluding hydrogens is 432 g/mol. The fraction of sp³-hybridized carbons (Fsp3) is 0.300. The van der Waals surface area contributed by atoms with Gasteiger partial charge >= 0.3 is 11.9 Å². The van der Waals surface area contributed by atoms with Crippen LogP contribution in [0, 0.1) is 12.7 Å². The normalized spacial score (nSPS) is 13.3. The molecule has 0 aliphatic rings. The standard InChI is InChI=1S/C20H20F3N4O3P/c1-10(12-6-5-7-14(17(12)21)20(22,23)19(28)29)25-18-13-8-16(31(3,4)30)24-9-15(13)26-11(2)27-18/h5-10H,1-4H3,(H,28,29)(H,25,26,27)/t10-/m1/s1. The molecule has 0 unspecified atom stereocenters. The van der Waals surface area contributed by atoms with E-state index in [1.807, 2.05) is 0 Å². The van der Waals surface area contributed by atoms with Gasteiger partial charge < -0.3 is 15.0 Å². The quantitative estimate of drug-likeness (QED) is 0.543. The Balaban J connectivity index is 2.07. The fourth-order valence-corrected chi connectivity index (χ4v) is 3.84. The molecule has 3 rings (SSSR count). The Labute approximate surface area is 176 Å². The van der Waals surface area contributed by atoms with Gasteiger partial charge in [0.15, 0.2) is 0 Å². The number of aromatic nitrogens is 3. The van der Waals surface area contributed by atoms with E-state index in [1.54, 1.807) is 26.3 Å². The molecule has 0 saturated heterocycles. The number of halogens is 3. The van der Waals surface area contributed by atoms with E-state index in [0.717, 1.165) is 6.07 Å². The zero-order valence-electron chi connectivity index (χ0n) is 17.2. The zero-order valence-corrected chi connectivity index (χ0v) is 18.0. The highest BCUT2D eigenvalue weighted by atomic mass is 31.2. The van der Waals surface area contributed by atoms with E-state index in [2.05, 4.69) is 20.3 Å². The minimum Gasteiger partial charge on any atom is -0.477 e. The van der Waals surface area contributed by atoms with Crippen LogP contribution in [0.25, 0.3) is 10.9 Å². The van der Waals surface area contributed by atoms with Gasteiger partial charge in [-0.2, -0.15) is 8.78 Å². The van der Waals surface area contributed by atoms with Crippen molar-refractivity contribution in [3.05, 3.63) is 53.2 Å². The van der Waals surface area contributed by atoms with Crippen LogP contribution in [0.2, 0.25) is 0 Å². The molecule has 0 fully saturated rings. The fourth-order valence-electron chi connectivity index (χ4n) is 3.07. The monoisotopic (exact) mass is 452 g/mol. The summed E-state index contributed by atoms with van der Waals surface area (Å²) >= 11 is 0. The first-order valence-electron chi connectivity index (χ1n) is 9.19. The van der Waals surface area contributed by atoms with Crippen LogP contribution in [0.3, 0.4) is 0 Å². The van der Waals surface area contributed by atoms with E-state index >= 15 is 0 Å². The second-order valence-corrected chi connectivity index (χ2v) is 10.6. The number of aliphatic carboxylic acids is 1. The predicted molar refractivity (Wildman–Crippen MR) is 111 cm³/mol. The van der Waals surface area contributed by atoms with Crippen molar-refractivity contribution in [2.24, 2.45) is 0 Å². The molecule has 0 bridgehead atoms. The third-order valence-corrected chi connectivity index (χ3v) is 6.03. The van der Waals surface area contributed by atoms with E-state index in [9.17, 15) is 22.5 Å². The summed E-state index contributed by atoms with van der Waals surface area (Å²) in [6, 6.07) is 3.91. The molecular formula is C20H20F3N4O3P. The molecule has 0 amide bonds. The summed E-state index contributed by atoms with van der Waals surface area (Å²) in [5.74, 6) is -7.47. The molecule has 0 radical (unpaired) electrons. The smallest absolute Gasteiger partial charge is 0.379 e. The highest BCUT2D eigenvalue weighted by Crippen LogP contribution is 2.36. The molecule has 0 saturated carbocycles. The highest BCUT2D eigenvalue weighted by molar-refractivity contribution is 7.69. The van der Waals surface area contributed by atoms with Crippen molar-refractivity contribution in [2.75, 3.05) is 18.6 Å². The Morgan fingerprint density at radius 2 is 1.94 bits per heavy atom. The average Bonchev–Trinajstić information content (AvgIpc) is 2.66. The Bertz CT molecular complexity index is 1230. The molecule has 2 N–H and O–H groups in total. The molecule has 1 aromatic carbocycles. The van der Waals surface area contributed by atoms with Crippen LogP contribution in [0.1, 0.15) is 29.9 Å². The van der Waals surface area contributed by atoms with Crippen LogP contribution >= 0.6 is 7.14 Å². The number of alkyl halides is 2. The van der Waals surface area contributed by atoms with Crippen molar-refractivity contribution in [1.82, 2.24) is 15.0 Å². The molecule has 0 aliphatic carbocycles. The second kappa shape index (κ2) is 7.92. The lowest BCUT2D eigenvalue weighted by Gasteiger charge is -2.20. The molecule has 2 aromatic heterocycles. The first-order valence-corrected chi connectivity index (χ1v) is 11.8. The zero-order chi connectivity index (χ0) is 23.1.